The number of rotatable bonds is 6. The summed E-state index contributed by atoms with van der Waals surface area (Å²) in [5, 5.41) is 4.89. The molecule has 0 aliphatic carbocycles. The largest absolute Gasteiger partial charge is 0.411 e. The molecule has 0 spiro atoms. The maximum Gasteiger partial charge on any atom is 0.411 e. The molecule has 1 atom stereocenters. The van der Waals surface area contributed by atoms with Gasteiger partial charge in [-0.25, -0.2) is 0 Å². The third-order valence-electron chi connectivity index (χ3n) is 3.41. The SMILES string of the molecule is CC(NC(=O)CCOCC(F)(F)F)c1cccc2ccccc12. The molecule has 0 aromatic heterocycles. The number of nitrogens with one attached hydrogen (secondary N) is 1. The van der Waals surface area contributed by atoms with Crippen LogP contribution in [0.5, 0.6) is 0 Å². The van der Waals surface area contributed by atoms with E-state index in [1.807, 2.05) is 49.4 Å². The van der Waals surface area contributed by atoms with Gasteiger partial charge in [0.1, 0.15) is 6.61 Å². The third kappa shape index (κ3) is 5.25. The van der Waals surface area contributed by atoms with Gasteiger partial charge in [-0.1, -0.05) is 42.5 Å². The molecule has 2 aromatic carbocycles. The molecule has 0 radical (unpaired) electrons. The Morgan fingerprint density at radius 3 is 2.61 bits per heavy atom. The summed E-state index contributed by atoms with van der Waals surface area (Å²) in [6, 6.07) is 13.4. The zero-order chi connectivity index (χ0) is 16.9. The standard InChI is InChI=1S/C17H18F3NO2/c1-12(21-16(22)9-10-23-11-17(18,19)20)14-8-4-6-13-5-2-3-7-15(13)14/h2-8,12H,9-11H2,1H3,(H,21,22). The van der Waals surface area contributed by atoms with Gasteiger partial charge in [-0.05, 0) is 23.3 Å². The lowest BCUT2D eigenvalue weighted by Gasteiger charge is -2.17. The van der Waals surface area contributed by atoms with E-state index < -0.39 is 12.8 Å². The summed E-state index contributed by atoms with van der Waals surface area (Å²) in [6.45, 7) is 0.253. The lowest BCUT2D eigenvalue weighted by molar-refractivity contribution is -0.174. The minimum absolute atomic E-state index is 0.106. The lowest BCUT2D eigenvalue weighted by Crippen LogP contribution is -2.28. The van der Waals surface area contributed by atoms with Crippen molar-refractivity contribution in [2.45, 2.75) is 25.6 Å². The third-order valence-corrected chi connectivity index (χ3v) is 3.41. The van der Waals surface area contributed by atoms with Crippen LogP contribution in [-0.2, 0) is 9.53 Å². The minimum atomic E-state index is -4.37. The Balaban J connectivity index is 1.90. The normalized spacial score (nSPS) is 13.0. The van der Waals surface area contributed by atoms with Gasteiger partial charge in [-0.15, -0.1) is 0 Å². The Bertz CT molecular complexity index is 665. The van der Waals surface area contributed by atoms with E-state index in [-0.39, 0.29) is 25.0 Å². The first kappa shape index (κ1) is 17.3. The van der Waals surface area contributed by atoms with Gasteiger partial charge in [0, 0.05) is 6.42 Å². The van der Waals surface area contributed by atoms with Gasteiger partial charge in [-0.3, -0.25) is 4.79 Å². The van der Waals surface area contributed by atoms with Crippen LogP contribution in [0.4, 0.5) is 13.2 Å². The molecule has 6 heteroatoms. The highest BCUT2D eigenvalue weighted by atomic mass is 19.4. The summed E-state index contributed by atoms with van der Waals surface area (Å²) in [7, 11) is 0. The highest BCUT2D eigenvalue weighted by Gasteiger charge is 2.27. The van der Waals surface area contributed by atoms with Crippen LogP contribution >= 0.6 is 0 Å². The Labute approximate surface area is 132 Å². The van der Waals surface area contributed by atoms with Crippen molar-refractivity contribution in [3.63, 3.8) is 0 Å². The van der Waals surface area contributed by atoms with E-state index in [2.05, 4.69) is 10.1 Å². The maximum atomic E-state index is 11.9. The fourth-order valence-electron chi connectivity index (χ4n) is 2.37. The summed E-state index contributed by atoms with van der Waals surface area (Å²) in [5.74, 6) is -0.340. The quantitative estimate of drug-likeness (QED) is 0.816. The molecule has 23 heavy (non-hydrogen) atoms. The van der Waals surface area contributed by atoms with E-state index in [4.69, 9.17) is 0 Å². The fraction of sp³-hybridized carbons (Fsp3) is 0.353. The molecule has 0 heterocycles. The number of hydrogen-bond donors (Lipinski definition) is 1. The van der Waals surface area contributed by atoms with Gasteiger partial charge in [0.25, 0.3) is 0 Å². The second-order valence-electron chi connectivity index (χ2n) is 5.28. The van der Waals surface area contributed by atoms with E-state index in [9.17, 15) is 18.0 Å². The van der Waals surface area contributed by atoms with Crippen molar-refractivity contribution in [2.24, 2.45) is 0 Å². The van der Waals surface area contributed by atoms with Crippen molar-refractivity contribution in [3.05, 3.63) is 48.0 Å². The zero-order valence-electron chi connectivity index (χ0n) is 12.7. The molecule has 0 fully saturated rings. The molecule has 3 nitrogen and oxygen atoms in total. The molecular formula is C17H18F3NO2. The number of carbonyl (C=O) groups excluding carboxylic acids is 1. The highest BCUT2D eigenvalue weighted by molar-refractivity contribution is 5.86. The van der Waals surface area contributed by atoms with E-state index in [0.29, 0.717) is 0 Å². The fourth-order valence-corrected chi connectivity index (χ4v) is 2.37. The molecule has 1 amide bonds. The van der Waals surface area contributed by atoms with E-state index in [1.54, 1.807) is 0 Å². The van der Waals surface area contributed by atoms with Crippen LogP contribution in [0.3, 0.4) is 0 Å². The van der Waals surface area contributed by atoms with Crippen LogP contribution in [0, 0.1) is 0 Å². The van der Waals surface area contributed by atoms with Crippen molar-refractivity contribution >= 4 is 16.7 Å². The molecule has 124 valence electrons. The van der Waals surface area contributed by atoms with Crippen LogP contribution in [0.25, 0.3) is 10.8 Å². The van der Waals surface area contributed by atoms with Crippen molar-refractivity contribution < 1.29 is 22.7 Å². The Morgan fingerprint density at radius 1 is 1.17 bits per heavy atom. The number of halogens is 3. The summed E-state index contributed by atoms with van der Waals surface area (Å²) in [5.41, 5.74) is 0.965. The van der Waals surface area contributed by atoms with Crippen molar-refractivity contribution in [2.75, 3.05) is 13.2 Å². The first-order chi connectivity index (χ1) is 10.9. The Morgan fingerprint density at radius 2 is 1.87 bits per heavy atom. The molecule has 0 aliphatic rings. The summed E-state index contributed by atoms with van der Waals surface area (Å²) < 4.78 is 40.2. The Kier molecular flexibility index (Phi) is 5.60. The second kappa shape index (κ2) is 7.46. The van der Waals surface area contributed by atoms with E-state index in [1.165, 1.54) is 0 Å². The van der Waals surface area contributed by atoms with Gasteiger partial charge in [0.2, 0.25) is 5.91 Å². The summed E-state index contributed by atoms with van der Waals surface area (Å²) >= 11 is 0. The van der Waals surface area contributed by atoms with Crippen LogP contribution < -0.4 is 5.32 Å². The average Bonchev–Trinajstić information content (AvgIpc) is 2.50. The van der Waals surface area contributed by atoms with Crippen molar-refractivity contribution in [1.29, 1.82) is 0 Å². The van der Waals surface area contributed by atoms with Gasteiger partial charge in [-0.2, -0.15) is 13.2 Å². The number of carbonyl (C=O) groups is 1. The van der Waals surface area contributed by atoms with Gasteiger partial charge < -0.3 is 10.1 Å². The molecule has 2 rings (SSSR count). The van der Waals surface area contributed by atoms with Gasteiger partial charge >= 0.3 is 6.18 Å². The molecule has 0 saturated carbocycles. The van der Waals surface area contributed by atoms with Gasteiger partial charge in [0.15, 0.2) is 0 Å². The number of ether oxygens (including phenoxy) is 1. The first-order valence-corrected chi connectivity index (χ1v) is 7.28. The van der Waals surface area contributed by atoms with Crippen LogP contribution in [-0.4, -0.2) is 25.3 Å². The predicted molar refractivity (Wildman–Crippen MR) is 82.0 cm³/mol. The van der Waals surface area contributed by atoms with E-state index in [0.717, 1.165) is 16.3 Å². The monoisotopic (exact) mass is 325 g/mol. The predicted octanol–water partition coefficient (Wildman–Crippen LogP) is 3.99. The average molecular weight is 325 g/mol. The van der Waals surface area contributed by atoms with Crippen LogP contribution in [0.1, 0.15) is 24.9 Å². The molecule has 0 aliphatic heterocycles. The van der Waals surface area contributed by atoms with Gasteiger partial charge in [0.05, 0.1) is 12.6 Å². The second-order valence-corrected chi connectivity index (χ2v) is 5.28. The summed E-state index contributed by atoms with van der Waals surface area (Å²) in [6.07, 6.45) is -4.47. The minimum Gasteiger partial charge on any atom is -0.372 e. The van der Waals surface area contributed by atoms with E-state index >= 15 is 0 Å². The Hall–Kier alpha value is -2.08. The van der Waals surface area contributed by atoms with Crippen molar-refractivity contribution in [3.8, 4) is 0 Å². The number of alkyl halides is 3. The highest BCUT2D eigenvalue weighted by Crippen LogP contribution is 2.24. The van der Waals surface area contributed by atoms with Crippen LogP contribution in [0.2, 0.25) is 0 Å². The molecule has 0 bridgehead atoms. The first-order valence-electron chi connectivity index (χ1n) is 7.28. The zero-order valence-corrected chi connectivity index (χ0v) is 12.7. The van der Waals surface area contributed by atoms with Crippen LogP contribution in [0.15, 0.2) is 42.5 Å². The molecule has 1 N–H and O–H groups in total. The molecule has 1 unspecified atom stereocenters. The number of hydrogen-bond acceptors (Lipinski definition) is 2. The number of benzene rings is 2. The lowest BCUT2D eigenvalue weighted by atomic mass is 9.99. The maximum absolute atomic E-state index is 11.9. The smallest absolute Gasteiger partial charge is 0.372 e. The number of amides is 1. The molecule has 0 saturated heterocycles. The molecular weight excluding hydrogens is 307 g/mol. The molecule has 2 aromatic rings. The summed E-state index contributed by atoms with van der Waals surface area (Å²) in [4.78, 5) is 11.8. The topological polar surface area (TPSA) is 38.3 Å². The van der Waals surface area contributed by atoms with Crippen molar-refractivity contribution in [1.82, 2.24) is 5.32 Å². The number of fused-ring (bicyclic) bond motifs is 1.